The fourth-order valence-electron chi connectivity index (χ4n) is 6.90. The number of ether oxygens (including phenoxy) is 2. The Balaban J connectivity index is 0.000000144. The van der Waals surface area contributed by atoms with Gasteiger partial charge in [-0.05, 0) is 80.2 Å². The summed E-state index contributed by atoms with van der Waals surface area (Å²) in [7, 11) is 0. The molecule has 0 aliphatic carbocycles. The zero-order valence-corrected chi connectivity index (χ0v) is 26.2. The van der Waals surface area contributed by atoms with Gasteiger partial charge in [0, 0.05) is 34.3 Å². The number of thiol groups is 2. The van der Waals surface area contributed by atoms with Crippen LogP contribution < -0.4 is 4.74 Å². The lowest BCUT2D eigenvalue weighted by Gasteiger charge is -2.36. The number of esters is 1. The van der Waals surface area contributed by atoms with Crippen molar-refractivity contribution < 1.29 is 19.4 Å². The quantitative estimate of drug-likeness (QED) is 0.102. The van der Waals surface area contributed by atoms with E-state index in [1.54, 1.807) is 18.2 Å². The van der Waals surface area contributed by atoms with Gasteiger partial charge in [0.2, 0.25) is 0 Å². The van der Waals surface area contributed by atoms with Crippen LogP contribution in [0.15, 0.2) is 109 Å². The van der Waals surface area contributed by atoms with Gasteiger partial charge < -0.3 is 14.6 Å². The van der Waals surface area contributed by atoms with Crippen molar-refractivity contribution in [3.8, 4) is 17.2 Å². The number of phenolic OH excluding ortho intramolecular Hbond substituents is 1. The Morgan fingerprint density at radius 2 is 1.36 bits per heavy atom. The summed E-state index contributed by atoms with van der Waals surface area (Å²) in [6, 6.07) is 36.2. The molecule has 0 amide bonds. The Morgan fingerprint density at radius 1 is 0.689 bits per heavy atom. The van der Waals surface area contributed by atoms with E-state index in [1.807, 2.05) is 43.3 Å². The predicted molar refractivity (Wildman–Crippen MR) is 187 cm³/mol. The minimum absolute atomic E-state index is 0.0926. The van der Waals surface area contributed by atoms with Crippen LogP contribution >= 0.6 is 25.3 Å². The van der Waals surface area contributed by atoms with Crippen LogP contribution in [-0.2, 0) is 21.8 Å². The first-order valence-electron chi connectivity index (χ1n) is 14.8. The van der Waals surface area contributed by atoms with Crippen molar-refractivity contribution in [2.75, 3.05) is 0 Å². The topological polar surface area (TPSA) is 55.8 Å². The lowest BCUT2D eigenvalue weighted by atomic mass is 9.77. The molecule has 7 aromatic rings. The molecule has 0 aromatic heterocycles. The van der Waals surface area contributed by atoms with E-state index < -0.39 is 5.60 Å². The van der Waals surface area contributed by atoms with Crippen molar-refractivity contribution in [1.29, 1.82) is 0 Å². The summed E-state index contributed by atoms with van der Waals surface area (Å²) in [6.45, 7) is 1.97. The number of hydrogen-bond acceptors (Lipinski definition) is 6. The van der Waals surface area contributed by atoms with Crippen LogP contribution in [0.5, 0.6) is 17.2 Å². The highest BCUT2D eigenvalue weighted by Crippen LogP contribution is 2.56. The molecule has 0 fully saturated rings. The maximum Gasteiger partial charge on any atom is 0.340 e. The van der Waals surface area contributed by atoms with Gasteiger partial charge in [-0.25, -0.2) is 4.79 Å². The first-order chi connectivity index (χ1) is 21.9. The largest absolute Gasteiger partial charge is 0.508 e. The molecule has 2 heterocycles. The standard InChI is InChI=1S/C22H16O4S.C17H12S/c1-12-2-5-17-19(8-12)25-20-10-14(23)4-7-18(20)22(17)16-6-3-13(11-27)9-15(16)21(24)26-22;18-10-14-7-6-13-5-4-11-2-1-3-12-8-9-15(14)17(13)16(11)12/h2-10,23,27H,11H2,1H3;1-9,18H,10H2. The number of aromatic hydroxyl groups is 1. The molecule has 1 atom stereocenters. The average Bonchev–Trinajstić information content (AvgIpc) is 3.35. The molecular formula is C39H28O4S2. The molecule has 4 nitrogen and oxygen atoms in total. The summed E-state index contributed by atoms with van der Waals surface area (Å²) in [6.07, 6.45) is 0. The normalized spacial score (nSPS) is 16.2. The highest BCUT2D eigenvalue weighted by atomic mass is 32.1. The Bertz CT molecular complexity index is 2240. The molecule has 0 bridgehead atoms. The number of fused-ring (bicyclic) bond motifs is 6. The van der Waals surface area contributed by atoms with E-state index >= 15 is 0 Å². The summed E-state index contributed by atoms with van der Waals surface area (Å²) < 4.78 is 12.1. The van der Waals surface area contributed by atoms with Crippen LogP contribution in [-0.4, -0.2) is 11.1 Å². The van der Waals surface area contributed by atoms with Crippen LogP contribution in [0.2, 0.25) is 0 Å². The van der Waals surface area contributed by atoms with Crippen molar-refractivity contribution >= 4 is 63.5 Å². The van der Waals surface area contributed by atoms with Crippen molar-refractivity contribution in [3.05, 3.63) is 148 Å². The van der Waals surface area contributed by atoms with Gasteiger partial charge in [0.05, 0.1) is 5.56 Å². The van der Waals surface area contributed by atoms with Crippen LogP contribution in [0.4, 0.5) is 0 Å². The van der Waals surface area contributed by atoms with Crippen molar-refractivity contribution in [2.24, 2.45) is 0 Å². The van der Waals surface area contributed by atoms with E-state index in [4.69, 9.17) is 9.47 Å². The van der Waals surface area contributed by atoms with Gasteiger partial charge in [-0.1, -0.05) is 78.9 Å². The van der Waals surface area contributed by atoms with Gasteiger partial charge in [-0.2, -0.15) is 25.3 Å². The van der Waals surface area contributed by atoms with Crippen molar-refractivity contribution in [1.82, 2.24) is 0 Å². The third-order valence-electron chi connectivity index (χ3n) is 8.98. The van der Waals surface area contributed by atoms with Crippen molar-refractivity contribution in [3.63, 3.8) is 0 Å². The zero-order valence-electron chi connectivity index (χ0n) is 24.4. The third-order valence-corrected chi connectivity index (χ3v) is 9.69. The van der Waals surface area contributed by atoms with Gasteiger partial charge in [0.1, 0.15) is 17.2 Å². The summed E-state index contributed by atoms with van der Waals surface area (Å²) in [5, 5.41) is 18.0. The van der Waals surface area contributed by atoms with Crippen LogP contribution in [0.1, 0.15) is 43.7 Å². The van der Waals surface area contributed by atoms with E-state index in [2.05, 4.69) is 79.9 Å². The smallest absolute Gasteiger partial charge is 0.340 e. The number of hydrogen-bond donors (Lipinski definition) is 3. The zero-order chi connectivity index (χ0) is 30.9. The summed E-state index contributed by atoms with van der Waals surface area (Å²) in [5.74, 6) is 2.14. The summed E-state index contributed by atoms with van der Waals surface area (Å²) >= 11 is 8.75. The SMILES string of the molecule is Cc1ccc2c(c1)Oc1cc(O)ccc1C21OC(=O)c2cc(CS)ccc21.SCc1ccc2ccc3cccc4ccc1c2c34. The van der Waals surface area contributed by atoms with Crippen LogP contribution in [0.3, 0.4) is 0 Å². The summed E-state index contributed by atoms with van der Waals surface area (Å²) in [4.78, 5) is 12.8. The molecule has 1 unspecified atom stereocenters. The molecule has 1 spiro atoms. The first kappa shape index (κ1) is 27.9. The molecule has 2 aliphatic rings. The molecule has 0 saturated carbocycles. The van der Waals surface area contributed by atoms with Gasteiger partial charge in [-0.15, -0.1) is 0 Å². The Labute approximate surface area is 271 Å². The average molecular weight is 625 g/mol. The van der Waals surface area contributed by atoms with E-state index in [0.29, 0.717) is 28.4 Å². The number of carbonyl (C=O) groups excluding carboxylic acids is 1. The van der Waals surface area contributed by atoms with Gasteiger partial charge >= 0.3 is 5.97 Å². The lowest BCUT2D eigenvalue weighted by molar-refractivity contribution is 0.0224. The Kier molecular flexibility index (Phi) is 6.48. The fourth-order valence-corrected chi connectivity index (χ4v) is 7.38. The van der Waals surface area contributed by atoms with E-state index in [0.717, 1.165) is 28.0 Å². The fraction of sp³-hybridized carbons (Fsp3) is 0.103. The number of benzene rings is 7. The summed E-state index contributed by atoms with van der Waals surface area (Å²) in [5.41, 5.74) is 4.98. The molecule has 45 heavy (non-hydrogen) atoms. The predicted octanol–water partition coefficient (Wildman–Crippen LogP) is 9.71. The number of rotatable bonds is 2. The highest BCUT2D eigenvalue weighted by molar-refractivity contribution is 7.79. The highest BCUT2D eigenvalue weighted by Gasteiger charge is 2.53. The monoisotopic (exact) mass is 624 g/mol. The van der Waals surface area contributed by atoms with Gasteiger partial charge in [-0.3, -0.25) is 0 Å². The molecule has 0 saturated heterocycles. The maximum absolute atomic E-state index is 12.8. The second kappa shape index (κ2) is 10.5. The second-order valence-electron chi connectivity index (χ2n) is 11.6. The molecule has 9 rings (SSSR count). The molecule has 7 aromatic carbocycles. The van der Waals surface area contributed by atoms with Crippen LogP contribution in [0, 0.1) is 6.92 Å². The van der Waals surface area contributed by atoms with Gasteiger partial charge in [0.25, 0.3) is 0 Å². The lowest BCUT2D eigenvalue weighted by Crippen LogP contribution is -2.33. The van der Waals surface area contributed by atoms with E-state index in [9.17, 15) is 9.90 Å². The number of carbonyl (C=O) groups is 1. The maximum atomic E-state index is 12.8. The molecule has 0 radical (unpaired) electrons. The molecule has 1 N–H and O–H groups in total. The number of phenols is 1. The van der Waals surface area contributed by atoms with Gasteiger partial charge in [0.15, 0.2) is 5.60 Å². The third kappa shape index (κ3) is 4.20. The minimum Gasteiger partial charge on any atom is -0.508 e. The van der Waals surface area contributed by atoms with E-state index in [-0.39, 0.29) is 11.7 Å². The molecule has 220 valence electrons. The Morgan fingerprint density at radius 3 is 2.11 bits per heavy atom. The van der Waals surface area contributed by atoms with Crippen LogP contribution in [0.25, 0.3) is 32.3 Å². The second-order valence-corrected chi connectivity index (χ2v) is 12.3. The minimum atomic E-state index is -1.09. The number of aryl methyl sites for hydroxylation is 1. The molecular weight excluding hydrogens is 597 g/mol. The molecule has 2 aliphatic heterocycles. The molecule has 6 heteroatoms. The first-order valence-corrected chi connectivity index (χ1v) is 16.0. The van der Waals surface area contributed by atoms with E-state index in [1.165, 1.54) is 37.9 Å². The Hall–Kier alpha value is -4.65. The van der Waals surface area contributed by atoms with Crippen molar-refractivity contribution in [2.45, 2.75) is 24.0 Å².